The van der Waals surface area contributed by atoms with E-state index in [1.165, 1.54) is 6.33 Å². The topological polar surface area (TPSA) is 111 Å². The fraction of sp³-hybridized carbons (Fsp3) is 0.345. The van der Waals surface area contributed by atoms with E-state index in [0.717, 1.165) is 65.1 Å². The molecule has 5 rings (SSSR count). The first kappa shape index (κ1) is 25.4. The number of aromatic nitrogens is 2. The van der Waals surface area contributed by atoms with Crippen LogP contribution < -0.4 is 25.4 Å². The molecule has 38 heavy (non-hydrogen) atoms. The molecule has 0 radical (unpaired) electrons. The maximum atomic E-state index is 11.9. The Kier molecular flexibility index (Phi) is 7.62. The lowest BCUT2D eigenvalue weighted by molar-refractivity contribution is 0.232. The van der Waals surface area contributed by atoms with Crippen molar-refractivity contribution in [2.24, 2.45) is 0 Å². The number of nitrogens with one attached hydrogen (secondary N) is 3. The highest BCUT2D eigenvalue weighted by molar-refractivity contribution is 6.06. The molecular weight excluding hydrogens is 482 g/mol. The van der Waals surface area contributed by atoms with E-state index in [9.17, 15) is 4.79 Å². The van der Waals surface area contributed by atoms with E-state index < -0.39 is 0 Å². The second-order valence-corrected chi connectivity index (χ2v) is 9.36. The van der Waals surface area contributed by atoms with Crippen LogP contribution in [0, 0.1) is 0 Å². The van der Waals surface area contributed by atoms with Gasteiger partial charge in [0.2, 0.25) is 5.71 Å². The average Bonchev–Trinajstić information content (AvgIpc) is 3.35. The Balaban J connectivity index is 1.48. The van der Waals surface area contributed by atoms with Crippen molar-refractivity contribution in [3.63, 3.8) is 0 Å². The zero-order chi connectivity index (χ0) is 26.5. The fourth-order valence-corrected chi connectivity index (χ4v) is 4.99. The van der Waals surface area contributed by atoms with Crippen LogP contribution in [0.3, 0.4) is 0 Å². The molecule has 9 nitrogen and oxygen atoms in total. The molecular formula is C29H33N5O4. The van der Waals surface area contributed by atoms with Crippen molar-refractivity contribution < 1.29 is 18.7 Å². The summed E-state index contributed by atoms with van der Waals surface area (Å²) in [7, 11) is 3.30. The summed E-state index contributed by atoms with van der Waals surface area (Å²) < 4.78 is 17.1. The SMILES string of the molecule is CCNC(=O)N[C@H]1CC[C@H](Nc2ncnc3oc(-c4ccc(OC)cc4)c(-c4ccc(OC)cc4)c23)CC1. The van der Waals surface area contributed by atoms with E-state index in [4.69, 9.17) is 13.9 Å². The summed E-state index contributed by atoms with van der Waals surface area (Å²) in [6, 6.07) is 16.0. The van der Waals surface area contributed by atoms with Crippen LogP contribution in [0.25, 0.3) is 33.6 Å². The standard InChI is InChI=1S/C29H33N5O4/c1-4-30-29(35)34-21-11-9-20(10-12-21)33-27-25-24(18-5-13-22(36-2)14-6-18)26(38-28(25)32-17-31-27)19-7-15-23(37-3)16-8-19/h5-8,13-17,20-21H,4,9-12H2,1-3H3,(H2,30,34,35)(H,31,32,33)/t20-,21-. The van der Waals surface area contributed by atoms with E-state index in [2.05, 4.69) is 25.9 Å². The molecule has 0 unspecified atom stereocenters. The Morgan fingerprint density at radius 3 is 2.11 bits per heavy atom. The summed E-state index contributed by atoms with van der Waals surface area (Å²) >= 11 is 0. The summed E-state index contributed by atoms with van der Waals surface area (Å²) in [5, 5.41) is 10.4. The van der Waals surface area contributed by atoms with Crippen molar-refractivity contribution in [3.8, 4) is 33.9 Å². The van der Waals surface area contributed by atoms with Crippen molar-refractivity contribution >= 4 is 22.9 Å². The number of benzene rings is 2. The molecule has 4 aromatic rings. The van der Waals surface area contributed by atoms with Gasteiger partial charge in [0.25, 0.3) is 0 Å². The summed E-state index contributed by atoms with van der Waals surface area (Å²) in [6.07, 6.45) is 5.17. The Labute approximate surface area is 222 Å². The van der Waals surface area contributed by atoms with Gasteiger partial charge >= 0.3 is 6.03 Å². The predicted octanol–water partition coefficient (Wildman–Crippen LogP) is 5.62. The fourth-order valence-electron chi connectivity index (χ4n) is 4.99. The maximum absolute atomic E-state index is 11.9. The molecule has 2 aromatic carbocycles. The monoisotopic (exact) mass is 515 g/mol. The number of methoxy groups -OCH3 is 2. The van der Waals surface area contributed by atoms with Crippen LogP contribution in [-0.2, 0) is 0 Å². The minimum absolute atomic E-state index is 0.102. The van der Waals surface area contributed by atoms with Gasteiger partial charge in [-0.1, -0.05) is 12.1 Å². The molecule has 0 spiro atoms. The molecule has 1 saturated carbocycles. The first-order chi connectivity index (χ1) is 18.6. The average molecular weight is 516 g/mol. The highest BCUT2D eigenvalue weighted by atomic mass is 16.5. The largest absolute Gasteiger partial charge is 0.497 e. The van der Waals surface area contributed by atoms with Gasteiger partial charge in [-0.3, -0.25) is 0 Å². The molecule has 2 amide bonds. The van der Waals surface area contributed by atoms with E-state index in [1.54, 1.807) is 14.2 Å². The third-order valence-corrected chi connectivity index (χ3v) is 6.96. The third kappa shape index (κ3) is 5.37. The lowest BCUT2D eigenvalue weighted by Crippen LogP contribution is -2.44. The number of urea groups is 1. The van der Waals surface area contributed by atoms with Gasteiger partial charge in [0, 0.05) is 29.8 Å². The molecule has 1 fully saturated rings. The molecule has 198 valence electrons. The molecule has 2 aromatic heterocycles. The quantitative estimate of drug-likeness (QED) is 0.279. The Morgan fingerprint density at radius 1 is 0.895 bits per heavy atom. The third-order valence-electron chi connectivity index (χ3n) is 6.96. The van der Waals surface area contributed by atoms with Crippen LogP contribution in [0.1, 0.15) is 32.6 Å². The predicted molar refractivity (Wildman–Crippen MR) is 148 cm³/mol. The smallest absolute Gasteiger partial charge is 0.314 e. The molecule has 1 aliphatic rings. The molecule has 9 heteroatoms. The zero-order valence-electron chi connectivity index (χ0n) is 21.9. The molecule has 1 aliphatic carbocycles. The Bertz CT molecular complexity index is 1380. The second kappa shape index (κ2) is 11.4. The van der Waals surface area contributed by atoms with E-state index in [0.29, 0.717) is 18.0 Å². The minimum Gasteiger partial charge on any atom is -0.497 e. The number of amides is 2. The van der Waals surface area contributed by atoms with Crippen molar-refractivity contribution in [3.05, 3.63) is 54.9 Å². The van der Waals surface area contributed by atoms with Crippen molar-refractivity contribution in [2.75, 3.05) is 26.1 Å². The van der Waals surface area contributed by atoms with E-state index in [-0.39, 0.29) is 18.1 Å². The second-order valence-electron chi connectivity index (χ2n) is 9.36. The van der Waals surface area contributed by atoms with Crippen LogP contribution in [0.2, 0.25) is 0 Å². The van der Waals surface area contributed by atoms with Gasteiger partial charge in [0.1, 0.15) is 29.4 Å². The lowest BCUT2D eigenvalue weighted by Gasteiger charge is -2.30. The molecule has 2 heterocycles. The van der Waals surface area contributed by atoms with Gasteiger partial charge in [-0.15, -0.1) is 0 Å². The lowest BCUT2D eigenvalue weighted by atomic mass is 9.91. The van der Waals surface area contributed by atoms with Gasteiger partial charge < -0.3 is 29.8 Å². The Morgan fingerprint density at radius 2 is 1.50 bits per heavy atom. The van der Waals surface area contributed by atoms with Crippen LogP contribution >= 0.6 is 0 Å². The first-order valence-corrected chi connectivity index (χ1v) is 13.0. The maximum Gasteiger partial charge on any atom is 0.314 e. The van der Waals surface area contributed by atoms with Gasteiger partial charge in [-0.2, -0.15) is 0 Å². The van der Waals surface area contributed by atoms with Crippen molar-refractivity contribution in [1.82, 2.24) is 20.6 Å². The normalized spacial score (nSPS) is 17.1. The molecule has 0 atom stereocenters. The number of hydrogen-bond donors (Lipinski definition) is 3. The summed E-state index contributed by atoms with van der Waals surface area (Å²) in [6.45, 7) is 2.53. The Hall–Kier alpha value is -4.27. The number of rotatable bonds is 8. The number of carbonyl (C=O) groups excluding carboxylic acids is 1. The van der Waals surface area contributed by atoms with E-state index in [1.807, 2.05) is 55.5 Å². The van der Waals surface area contributed by atoms with Crippen LogP contribution in [0.5, 0.6) is 11.5 Å². The highest BCUT2D eigenvalue weighted by Gasteiger charge is 2.26. The van der Waals surface area contributed by atoms with Gasteiger partial charge in [-0.05, 0) is 74.6 Å². The summed E-state index contributed by atoms with van der Waals surface area (Å²) in [5.74, 6) is 3.01. The summed E-state index contributed by atoms with van der Waals surface area (Å²) in [5.41, 5.74) is 3.33. The number of ether oxygens (including phenoxy) is 2. The molecule has 0 aliphatic heterocycles. The van der Waals surface area contributed by atoms with Crippen molar-refractivity contribution in [2.45, 2.75) is 44.7 Å². The first-order valence-electron chi connectivity index (χ1n) is 13.0. The number of hydrogen-bond acceptors (Lipinski definition) is 7. The zero-order valence-corrected chi connectivity index (χ0v) is 21.9. The number of anilines is 1. The van der Waals surface area contributed by atoms with Crippen LogP contribution in [0.4, 0.5) is 10.6 Å². The van der Waals surface area contributed by atoms with Crippen molar-refractivity contribution in [1.29, 1.82) is 0 Å². The molecule has 3 N–H and O–H groups in total. The van der Waals surface area contributed by atoms with Gasteiger partial charge in [0.05, 0.1) is 19.6 Å². The van der Waals surface area contributed by atoms with Gasteiger partial charge in [-0.25, -0.2) is 14.8 Å². The molecule has 0 bridgehead atoms. The van der Waals surface area contributed by atoms with Gasteiger partial charge in [0.15, 0.2) is 0 Å². The number of fused-ring (bicyclic) bond motifs is 1. The van der Waals surface area contributed by atoms with E-state index >= 15 is 0 Å². The minimum atomic E-state index is -0.102. The van der Waals surface area contributed by atoms with Crippen LogP contribution in [0.15, 0.2) is 59.3 Å². The number of carbonyl (C=O) groups is 1. The highest BCUT2D eigenvalue weighted by Crippen LogP contribution is 2.43. The summed E-state index contributed by atoms with van der Waals surface area (Å²) in [4.78, 5) is 21.0. The van der Waals surface area contributed by atoms with Crippen LogP contribution in [-0.4, -0.2) is 48.8 Å². The molecule has 0 saturated heterocycles. The number of furan rings is 1. The number of nitrogens with zero attached hydrogens (tertiary/aromatic N) is 2.